The van der Waals surface area contributed by atoms with E-state index in [1.54, 1.807) is 54.4 Å². The third-order valence-corrected chi connectivity index (χ3v) is 5.33. The van der Waals surface area contributed by atoms with E-state index in [-0.39, 0.29) is 16.9 Å². The molecule has 0 bridgehead atoms. The van der Waals surface area contributed by atoms with Crippen molar-refractivity contribution >= 4 is 40.5 Å². The van der Waals surface area contributed by atoms with Crippen molar-refractivity contribution in [3.63, 3.8) is 0 Å². The highest BCUT2D eigenvalue weighted by atomic mass is 32.1. The molecule has 0 saturated carbocycles. The van der Waals surface area contributed by atoms with Gasteiger partial charge in [0.25, 0.3) is 11.8 Å². The Kier molecular flexibility index (Phi) is 8.76. The zero-order chi connectivity index (χ0) is 24.5. The Balaban J connectivity index is 1.64. The van der Waals surface area contributed by atoms with Crippen LogP contribution in [0.3, 0.4) is 0 Å². The number of nitrogens with zero attached hydrogens (tertiary/aromatic N) is 1. The average Bonchev–Trinajstić information content (AvgIpc) is 2.83. The van der Waals surface area contributed by atoms with E-state index in [2.05, 4.69) is 24.5 Å². The molecule has 0 saturated heterocycles. The van der Waals surface area contributed by atoms with Gasteiger partial charge in [-0.15, -0.1) is 0 Å². The third kappa shape index (κ3) is 6.89. The highest BCUT2D eigenvalue weighted by molar-refractivity contribution is 7.80. The van der Waals surface area contributed by atoms with Gasteiger partial charge in [0.05, 0.1) is 12.2 Å². The molecule has 0 radical (unpaired) electrons. The summed E-state index contributed by atoms with van der Waals surface area (Å²) in [6.07, 6.45) is 0.893. The number of benzene rings is 3. The van der Waals surface area contributed by atoms with E-state index in [1.165, 1.54) is 0 Å². The number of thiocarbonyl (C=S) groups is 1. The number of hydrogen-bond acceptors (Lipinski definition) is 4. The van der Waals surface area contributed by atoms with Crippen LogP contribution in [0.15, 0.2) is 78.9 Å². The molecule has 0 unspecified atom stereocenters. The molecule has 3 aromatic rings. The largest absolute Gasteiger partial charge is 0.493 e. The SMILES string of the molecule is CC(C)CCOc1ccccc1C(=O)NC(=S)Nc1cccc(C(=O)N(C)c2ccccc2)c1. The third-order valence-electron chi connectivity index (χ3n) is 5.13. The Morgan fingerprint density at radius 2 is 1.68 bits per heavy atom. The van der Waals surface area contributed by atoms with Gasteiger partial charge in [-0.25, -0.2) is 0 Å². The normalized spacial score (nSPS) is 10.5. The lowest BCUT2D eigenvalue weighted by Crippen LogP contribution is -2.34. The van der Waals surface area contributed by atoms with Crippen LogP contribution in [-0.2, 0) is 0 Å². The van der Waals surface area contributed by atoms with Gasteiger partial charge in [-0.1, -0.05) is 50.2 Å². The molecule has 0 aliphatic heterocycles. The smallest absolute Gasteiger partial charge is 0.261 e. The number of para-hydroxylation sites is 2. The van der Waals surface area contributed by atoms with Crippen molar-refractivity contribution in [2.45, 2.75) is 20.3 Å². The molecule has 0 atom stereocenters. The Labute approximate surface area is 205 Å². The fourth-order valence-corrected chi connectivity index (χ4v) is 3.42. The Bertz CT molecular complexity index is 1150. The van der Waals surface area contributed by atoms with Gasteiger partial charge in [0, 0.05) is 24.0 Å². The Morgan fingerprint density at radius 1 is 0.971 bits per heavy atom. The maximum atomic E-state index is 12.9. The summed E-state index contributed by atoms with van der Waals surface area (Å²) < 4.78 is 5.80. The van der Waals surface area contributed by atoms with Crippen LogP contribution in [-0.4, -0.2) is 30.6 Å². The molecule has 2 N–H and O–H groups in total. The average molecular weight is 476 g/mol. The Morgan fingerprint density at radius 3 is 2.41 bits per heavy atom. The minimum absolute atomic E-state index is 0.128. The summed E-state index contributed by atoms with van der Waals surface area (Å²) in [5, 5.41) is 5.80. The molecule has 2 amide bonds. The van der Waals surface area contributed by atoms with Gasteiger partial charge in [0.1, 0.15) is 5.75 Å². The summed E-state index contributed by atoms with van der Waals surface area (Å²) in [5.41, 5.74) is 2.29. The van der Waals surface area contributed by atoms with Crippen LogP contribution >= 0.6 is 12.2 Å². The first kappa shape index (κ1) is 24.9. The quantitative estimate of drug-likeness (QED) is 0.420. The molecule has 6 nitrogen and oxygen atoms in total. The van der Waals surface area contributed by atoms with E-state index in [9.17, 15) is 9.59 Å². The second-order valence-electron chi connectivity index (χ2n) is 8.22. The highest BCUT2D eigenvalue weighted by Gasteiger charge is 2.16. The van der Waals surface area contributed by atoms with Crippen LogP contribution in [0.5, 0.6) is 5.75 Å². The van der Waals surface area contributed by atoms with E-state index in [4.69, 9.17) is 17.0 Å². The minimum Gasteiger partial charge on any atom is -0.493 e. The maximum Gasteiger partial charge on any atom is 0.261 e. The monoisotopic (exact) mass is 475 g/mol. The number of nitrogens with one attached hydrogen (secondary N) is 2. The van der Waals surface area contributed by atoms with Crippen molar-refractivity contribution < 1.29 is 14.3 Å². The summed E-state index contributed by atoms with van der Waals surface area (Å²) in [5.74, 6) is 0.499. The number of anilines is 2. The molecule has 0 aliphatic rings. The second-order valence-corrected chi connectivity index (χ2v) is 8.62. The van der Waals surface area contributed by atoms with Gasteiger partial charge in [0.2, 0.25) is 0 Å². The number of ether oxygens (including phenoxy) is 1. The molecule has 34 heavy (non-hydrogen) atoms. The fourth-order valence-electron chi connectivity index (χ4n) is 3.21. The number of carbonyl (C=O) groups excluding carboxylic acids is 2. The van der Waals surface area contributed by atoms with Crippen molar-refractivity contribution in [1.82, 2.24) is 5.32 Å². The summed E-state index contributed by atoms with van der Waals surface area (Å²) in [6, 6.07) is 23.4. The summed E-state index contributed by atoms with van der Waals surface area (Å²) in [6.45, 7) is 4.77. The molecule has 7 heteroatoms. The topological polar surface area (TPSA) is 70.7 Å². The van der Waals surface area contributed by atoms with Crippen LogP contribution in [0.25, 0.3) is 0 Å². The lowest BCUT2D eigenvalue weighted by molar-refractivity contribution is 0.0970. The Hall–Kier alpha value is -3.71. The van der Waals surface area contributed by atoms with Crippen LogP contribution in [0.1, 0.15) is 41.0 Å². The van der Waals surface area contributed by atoms with E-state index >= 15 is 0 Å². The van der Waals surface area contributed by atoms with Gasteiger partial charge in [-0.05, 0) is 67.0 Å². The van der Waals surface area contributed by atoms with Crippen molar-refractivity contribution in [2.75, 3.05) is 23.9 Å². The van der Waals surface area contributed by atoms with Crippen LogP contribution in [0, 0.1) is 5.92 Å². The maximum absolute atomic E-state index is 12.9. The van der Waals surface area contributed by atoms with Crippen molar-refractivity contribution in [3.8, 4) is 5.75 Å². The van der Waals surface area contributed by atoms with Crippen LogP contribution in [0.4, 0.5) is 11.4 Å². The standard InChI is InChI=1S/C27H29N3O3S/c1-19(2)16-17-33-24-15-8-7-14-23(24)25(31)29-27(34)28-21-11-9-10-20(18-21)26(32)30(3)22-12-5-4-6-13-22/h4-15,18-19H,16-17H2,1-3H3,(H2,28,29,31,34). The number of rotatable bonds is 8. The molecule has 0 fully saturated rings. The van der Waals surface area contributed by atoms with E-state index < -0.39 is 0 Å². The highest BCUT2D eigenvalue weighted by Crippen LogP contribution is 2.20. The van der Waals surface area contributed by atoms with Crippen molar-refractivity contribution in [2.24, 2.45) is 5.92 Å². The zero-order valence-corrected chi connectivity index (χ0v) is 20.4. The summed E-state index contributed by atoms with van der Waals surface area (Å²) >= 11 is 5.34. The minimum atomic E-state index is -0.367. The van der Waals surface area contributed by atoms with Crippen molar-refractivity contribution in [1.29, 1.82) is 0 Å². The predicted molar refractivity (Wildman–Crippen MR) is 141 cm³/mol. The van der Waals surface area contributed by atoms with Crippen LogP contribution in [0.2, 0.25) is 0 Å². The van der Waals surface area contributed by atoms with Gasteiger partial charge in [-0.2, -0.15) is 0 Å². The predicted octanol–water partition coefficient (Wildman–Crippen LogP) is 5.51. The second kappa shape index (κ2) is 12.0. The molecule has 3 aromatic carbocycles. The number of carbonyl (C=O) groups is 2. The van der Waals surface area contributed by atoms with Gasteiger partial charge in [-0.3, -0.25) is 14.9 Å². The first-order chi connectivity index (χ1) is 16.3. The first-order valence-corrected chi connectivity index (χ1v) is 11.5. The molecular weight excluding hydrogens is 446 g/mol. The first-order valence-electron chi connectivity index (χ1n) is 11.1. The van der Waals surface area contributed by atoms with Crippen molar-refractivity contribution in [3.05, 3.63) is 90.0 Å². The molecule has 0 aromatic heterocycles. The molecule has 0 aliphatic carbocycles. The molecule has 3 rings (SSSR count). The summed E-state index contributed by atoms with van der Waals surface area (Å²) in [4.78, 5) is 27.3. The lowest BCUT2D eigenvalue weighted by atomic mass is 10.1. The van der Waals surface area contributed by atoms with Crippen LogP contribution < -0.4 is 20.3 Å². The molecular formula is C27H29N3O3S. The number of hydrogen-bond donors (Lipinski definition) is 2. The fraction of sp³-hybridized carbons (Fsp3) is 0.222. The van der Waals surface area contributed by atoms with E-state index in [0.717, 1.165) is 12.1 Å². The van der Waals surface area contributed by atoms with Gasteiger partial charge >= 0.3 is 0 Å². The summed E-state index contributed by atoms with van der Waals surface area (Å²) in [7, 11) is 1.73. The van der Waals surface area contributed by atoms with Gasteiger partial charge < -0.3 is 15.0 Å². The molecule has 0 spiro atoms. The molecule has 176 valence electrons. The zero-order valence-electron chi connectivity index (χ0n) is 19.6. The number of amides is 2. The van der Waals surface area contributed by atoms with E-state index in [1.807, 2.05) is 36.4 Å². The lowest BCUT2D eigenvalue weighted by Gasteiger charge is -2.18. The molecule has 0 heterocycles. The van der Waals surface area contributed by atoms with E-state index in [0.29, 0.717) is 35.1 Å². The van der Waals surface area contributed by atoms with Gasteiger partial charge in [0.15, 0.2) is 5.11 Å².